The number of amides is 1. The highest BCUT2D eigenvalue weighted by Gasteiger charge is 2.35. The van der Waals surface area contributed by atoms with Crippen molar-refractivity contribution in [2.45, 2.75) is 64.0 Å². The molecule has 1 fully saturated rings. The molecule has 11 heteroatoms. The van der Waals surface area contributed by atoms with Crippen molar-refractivity contribution in [1.29, 1.82) is 5.26 Å². The molecule has 1 aromatic carbocycles. The maximum absolute atomic E-state index is 13.4. The summed E-state index contributed by atoms with van der Waals surface area (Å²) in [7, 11) is 0. The van der Waals surface area contributed by atoms with Gasteiger partial charge in [-0.3, -0.25) is 18.7 Å². The fourth-order valence-corrected chi connectivity index (χ4v) is 4.02. The van der Waals surface area contributed by atoms with Gasteiger partial charge in [0.25, 0.3) is 11.5 Å². The maximum atomic E-state index is 13.4. The minimum atomic E-state index is -0.894. The van der Waals surface area contributed by atoms with Gasteiger partial charge in [0.2, 0.25) is 0 Å². The molecule has 35 heavy (non-hydrogen) atoms. The van der Waals surface area contributed by atoms with Gasteiger partial charge in [-0.2, -0.15) is 5.26 Å². The average Bonchev–Trinajstić information content (AvgIpc) is 3.22. The molecule has 3 rings (SSSR count). The summed E-state index contributed by atoms with van der Waals surface area (Å²) in [5, 5.41) is 30.8. The van der Waals surface area contributed by atoms with Crippen molar-refractivity contribution in [1.82, 2.24) is 14.5 Å². The molecule has 0 bridgehead atoms. The largest absolute Gasteiger partial charge is 0.394 e. The second-order valence-corrected chi connectivity index (χ2v) is 8.55. The topological polar surface area (TPSA) is 147 Å². The molecule has 1 amide bonds. The molecule has 2 heterocycles. The number of nitriles is 1. The van der Waals surface area contributed by atoms with E-state index in [9.17, 15) is 29.0 Å². The van der Waals surface area contributed by atoms with Crippen LogP contribution in [0.25, 0.3) is 0 Å². The van der Waals surface area contributed by atoms with E-state index in [2.05, 4.69) is 5.32 Å². The summed E-state index contributed by atoms with van der Waals surface area (Å²) in [5.74, 6) is -1.07. The maximum Gasteiger partial charge on any atom is 0.333 e. The smallest absolute Gasteiger partial charge is 0.333 e. The zero-order chi connectivity index (χ0) is 25.5. The summed E-state index contributed by atoms with van der Waals surface area (Å²) in [6.45, 7) is 1.85. The minimum Gasteiger partial charge on any atom is -0.394 e. The third-order valence-electron chi connectivity index (χ3n) is 6.00. The van der Waals surface area contributed by atoms with E-state index in [1.807, 2.05) is 0 Å². The van der Waals surface area contributed by atoms with Gasteiger partial charge in [-0.15, -0.1) is 0 Å². The predicted octanol–water partition coefficient (Wildman–Crippen LogP) is 0.960. The lowest BCUT2D eigenvalue weighted by molar-refractivity contribution is -0.0464. The standard InChI is InChI=1S/C24H29FN4O6/c1-15-13-29(21-11-19(31)20(14-30)35-21)24(34)28(23(15)33)9-5-3-2-4-8-27-22(32)16-6-7-18(25)17(10-16)12-26/h6-7,10,13,19-21,30-31H,2-5,8-9,11,14H2,1H3,(H,27,32)/t19-,20+,21+/m0/s1/i25+0. The van der Waals surface area contributed by atoms with Gasteiger partial charge in [-0.05, 0) is 38.0 Å². The van der Waals surface area contributed by atoms with Crippen molar-refractivity contribution in [2.75, 3.05) is 13.2 Å². The zero-order valence-corrected chi connectivity index (χ0v) is 19.4. The van der Waals surface area contributed by atoms with Gasteiger partial charge < -0.3 is 20.3 Å². The Balaban J connectivity index is 1.48. The predicted molar refractivity (Wildman–Crippen MR) is 123 cm³/mol. The Morgan fingerprint density at radius 1 is 1.29 bits per heavy atom. The van der Waals surface area contributed by atoms with Crippen molar-refractivity contribution >= 4 is 5.91 Å². The number of halogens is 1. The minimum absolute atomic E-state index is 0.143. The number of aliphatic hydroxyl groups is 2. The molecule has 188 valence electrons. The van der Waals surface area contributed by atoms with Gasteiger partial charge in [0, 0.05) is 36.8 Å². The zero-order valence-electron chi connectivity index (χ0n) is 19.4. The molecule has 3 atom stereocenters. The molecule has 0 unspecified atom stereocenters. The van der Waals surface area contributed by atoms with Crippen LogP contribution in [-0.2, 0) is 11.3 Å². The third-order valence-corrected chi connectivity index (χ3v) is 6.00. The van der Waals surface area contributed by atoms with Crippen LogP contribution in [0.1, 0.15) is 59.8 Å². The summed E-state index contributed by atoms with van der Waals surface area (Å²) < 4.78 is 21.4. The summed E-state index contributed by atoms with van der Waals surface area (Å²) in [4.78, 5) is 37.5. The molecule has 1 aliphatic heterocycles. The van der Waals surface area contributed by atoms with E-state index in [0.717, 1.165) is 23.5 Å². The van der Waals surface area contributed by atoms with Gasteiger partial charge >= 0.3 is 5.69 Å². The summed E-state index contributed by atoms with van der Waals surface area (Å²) >= 11 is 0. The van der Waals surface area contributed by atoms with Crippen molar-refractivity contribution in [3.8, 4) is 6.07 Å². The number of aromatic nitrogens is 2. The molecule has 0 spiro atoms. The van der Waals surface area contributed by atoms with Crippen molar-refractivity contribution in [2.24, 2.45) is 0 Å². The monoisotopic (exact) mass is 488 g/mol. The number of hydrogen-bond donors (Lipinski definition) is 3. The second-order valence-electron chi connectivity index (χ2n) is 8.55. The molecule has 1 saturated heterocycles. The van der Waals surface area contributed by atoms with E-state index in [0.29, 0.717) is 24.9 Å². The lowest BCUT2D eigenvalue weighted by atomic mass is 10.1. The number of nitrogens with one attached hydrogen (secondary N) is 1. The van der Waals surface area contributed by atoms with E-state index in [1.165, 1.54) is 22.9 Å². The Morgan fingerprint density at radius 3 is 2.71 bits per heavy atom. The quantitative estimate of drug-likeness (QED) is 0.422. The number of benzene rings is 1. The van der Waals surface area contributed by atoms with Gasteiger partial charge in [0.1, 0.15) is 24.2 Å². The van der Waals surface area contributed by atoms with Crippen molar-refractivity contribution in [3.05, 3.63) is 67.7 Å². The third kappa shape index (κ3) is 6.22. The van der Waals surface area contributed by atoms with Crippen molar-refractivity contribution < 1.29 is 24.1 Å². The Hall–Kier alpha value is -3.33. The molecule has 2 aromatic rings. The van der Waals surface area contributed by atoms with E-state index < -0.39 is 35.8 Å². The highest BCUT2D eigenvalue weighted by Crippen LogP contribution is 2.27. The molecule has 0 radical (unpaired) electrons. The highest BCUT2D eigenvalue weighted by molar-refractivity contribution is 5.94. The number of aliphatic hydroxyl groups excluding tert-OH is 2. The molecule has 0 aliphatic carbocycles. The Kier molecular flexibility index (Phi) is 8.92. The van der Waals surface area contributed by atoms with E-state index in [4.69, 9.17) is 10.00 Å². The number of carbonyl (C=O) groups excluding carboxylic acids is 1. The molecule has 0 saturated carbocycles. The van der Waals surface area contributed by atoms with Crippen LogP contribution in [0.3, 0.4) is 0 Å². The summed E-state index contributed by atoms with van der Waals surface area (Å²) in [6.07, 6.45) is 1.85. The molecular formula is C24H29FN4O6. The van der Waals surface area contributed by atoms with E-state index >= 15 is 0 Å². The summed E-state index contributed by atoms with van der Waals surface area (Å²) in [6, 6.07) is 5.31. The number of ether oxygens (including phenoxy) is 1. The first-order valence-corrected chi connectivity index (χ1v) is 11.5. The van der Waals surface area contributed by atoms with Crippen LogP contribution in [0.5, 0.6) is 0 Å². The van der Waals surface area contributed by atoms with E-state index in [-0.39, 0.29) is 36.3 Å². The number of hydrogen-bond acceptors (Lipinski definition) is 7. The van der Waals surface area contributed by atoms with Gasteiger partial charge in [0.05, 0.1) is 18.3 Å². The van der Waals surface area contributed by atoms with Crippen molar-refractivity contribution in [3.63, 3.8) is 0 Å². The van der Waals surface area contributed by atoms with Crippen LogP contribution < -0.4 is 16.6 Å². The van der Waals surface area contributed by atoms with Crippen LogP contribution >= 0.6 is 0 Å². The molecule has 10 nitrogen and oxygen atoms in total. The number of nitrogens with zero attached hydrogens (tertiary/aromatic N) is 3. The Morgan fingerprint density at radius 2 is 2.03 bits per heavy atom. The van der Waals surface area contributed by atoms with Gasteiger partial charge in [0.15, 0.2) is 0 Å². The van der Waals surface area contributed by atoms with Gasteiger partial charge in [-0.1, -0.05) is 12.8 Å². The molecular weight excluding hydrogens is 459 g/mol. The molecule has 3 N–H and O–H groups in total. The van der Waals surface area contributed by atoms with E-state index in [1.54, 1.807) is 13.0 Å². The lowest BCUT2D eigenvalue weighted by Crippen LogP contribution is -2.42. The number of unbranched alkanes of at least 4 members (excludes halogenated alkanes) is 3. The van der Waals surface area contributed by atoms with Gasteiger partial charge in [-0.25, -0.2) is 9.18 Å². The normalized spacial score (nSPS) is 19.5. The first-order chi connectivity index (χ1) is 16.8. The highest BCUT2D eigenvalue weighted by atomic mass is 19.1. The lowest BCUT2D eigenvalue weighted by Gasteiger charge is -2.17. The fraction of sp³-hybridized carbons (Fsp3) is 0.500. The first kappa shape index (κ1) is 26.3. The van der Waals surface area contributed by atoms with Crippen LogP contribution in [0.2, 0.25) is 0 Å². The average molecular weight is 489 g/mol. The van der Waals surface area contributed by atoms with Crippen LogP contribution in [0.15, 0.2) is 34.0 Å². The Bertz CT molecular complexity index is 1220. The summed E-state index contributed by atoms with van der Waals surface area (Å²) in [5.41, 5.74) is -0.515. The Labute approximate surface area is 201 Å². The second kappa shape index (κ2) is 11.9. The number of aryl methyl sites for hydroxylation is 1. The molecule has 1 aromatic heterocycles. The first-order valence-electron chi connectivity index (χ1n) is 11.5. The van der Waals surface area contributed by atoms with Crippen LogP contribution in [0, 0.1) is 24.1 Å². The number of rotatable bonds is 10. The number of carbonyl (C=O) groups is 1. The van der Waals surface area contributed by atoms with Crippen LogP contribution in [0.4, 0.5) is 4.39 Å². The fourth-order valence-electron chi connectivity index (χ4n) is 4.02. The molecule has 1 aliphatic rings. The van der Waals surface area contributed by atoms with Crippen LogP contribution in [-0.4, -0.2) is 50.6 Å². The SMILES string of the molecule is Cc1cn([C@H]2C[C@H](O)[C@@H](CO)O2)c(=O)n(CCCCCCNC(=O)c2ccc([19F])c(C#N)c2)c1=O.